The number of morpholine rings is 1. The summed E-state index contributed by atoms with van der Waals surface area (Å²) in [5.41, 5.74) is 5.73. The van der Waals surface area contributed by atoms with Crippen LogP contribution in [0.3, 0.4) is 0 Å². The molecule has 1 aliphatic carbocycles. The first-order valence-corrected chi connectivity index (χ1v) is 9.14. The zero-order valence-electron chi connectivity index (χ0n) is 15.1. The van der Waals surface area contributed by atoms with Crippen molar-refractivity contribution in [1.82, 2.24) is 10.2 Å². The van der Waals surface area contributed by atoms with Crippen molar-refractivity contribution < 1.29 is 14.3 Å². The second kappa shape index (κ2) is 10.3. The molecule has 0 spiro atoms. The van der Waals surface area contributed by atoms with Crippen LogP contribution in [0.15, 0.2) is 0 Å². The van der Waals surface area contributed by atoms with E-state index >= 15 is 0 Å². The SMILES string of the molecule is CC(NC(=O)[C@@H]1CC[C@H](CN)O1)C1(N2CCOCC2)CCCC1.Cl.Cl. The van der Waals surface area contributed by atoms with Crippen molar-refractivity contribution in [3.8, 4) is 0 Å². The highest BCUT2D eigenvalue weighted by Crippen LogP contribution is 2.38. The highest BCUT2D eigenvalue weighted by molar-refractivity contribution is 5.85. The van der Waals surface area contributed by atoms with E-state index in [0.29, 0.717) is 6.54 Å². The Labute approximate surface area is 163 Å². The number of halogens is 2. The number of ether oxygens (including phenoxy) is 2. The number of hydrogen-bond acceptors (Lipinski definition) is 5. The van der Waals surface area contributed by atoms with Crippen molar-refractivity contribution >= 4 is 30.7 Å². The summed E-state index contributed by atoms with van der Waals surface area (Å²) in [4.78, 5) is 15.1. The van der Waals surface area contributed by atoms with Gasteiger partial charge in [0.2, 0.25) is 5.91 Å². The fraction of sp³-hybridized carbons (Fsp3) is 0.941. The molecule has 0 aromatic heterocycles. The number of nitrogens with one attached hydrogen (secondary N) is 1. The average molecular weight is 398 g/mol. The standard InChI is InChI=1S/C17H31N3O3.2ClH/c1-13(19-16(21)15-5-4-14(12-18)23-15)17(6-2-3-7-17)20-8-10-22-11-9-20;;/h13-15H,2-12,18H2,1H3,(H,19,21);2*1H/t13?,14-,15+;;/m1../s1. The molecule has 1 saturated carbocycles. The first-order valence-electron chi connectivity index (χ1n) is 9.14. The Morgan fingerprint density at radius 3 is 2.44 bits per heavy atom. The van der Waals surface area contributed by atoms with Crippen molar-refractivity contribution in [3.05, 3.63) is 0 Å². The summed E-state index contributed by atoms with van der Waals surface area (Å²) in [6.07, 6.45) is 6.19. The second-order valence-corrected chi connectivity index (χ2v) is 7.20. The van der Waals surface area contributed by atoms with Crippen LogP contribution in [0.4, 0.5) is 0 Å². The van der Waals surface area contributed by atoms with Crippen LogP contribution in [-0.2, 0) is 14.3 Å². The van der Waals surface area contributed by atoms with Crippen molar-refractivity contribution in [3.63, 3.8) is 0 Å². The van der Waals surface area contributed by atoms with E-state index in [1.807, 2.05) is 0 Å². The summed E-state index contributed by atoms with van der Waals surface area (Å²) in [6.45, 7) is 6.19. The fourth-order valence-corrected chi connectivity index (χ4v) is 4.53. The van der Waals surface area contributed by atoms with Crippen LogP contribution in [-0.4, -0.2) is 67.4 Å². The lowest BCUT2D eigenvalue weighted by molar-refractivity contribution is -0.134. The van der Waals surface area contributed by atoms with Gasteiger partial charge in [0, 0.05) is 31.2 Å². The van der Waals surface area contributed by atoms with Gasteiger partial charge in [-0.15, -0.1) is 24.8 Å². The van der Waals surface area contributed by atoms with E-state index < -0.39 is 0 Å². The molecule has 2 aliphatic heterocycles. The fourth-order valence-electron chi connectivity index (χ4n) is 4.53. The van der Waals surface area contributed by atoms with Gasteiger partial charge in [-0.1, -0.05) is 12.8 Å². The quantitative estimate of drug-likeness (QED) is 0.734. The Kier molecular flexibility index (Phi) is 9.43. The van der Waals surface area contributed by atoms with Crippen LogP contribution in [0, 0.1) is 0 Å². The third-order valence-electron chi connectivity index (χ3n) is 5.94. The van der Waals surface area contributed by atoms with E-state index in [1.165, 1.54) is 12.8 Å². The average Bonchev–Trinajstić information content (AvgIpc) is 3.25. The predicted octanol–water partition coefficient (Wildman–Crippen LogP) is 1.49. The van der Waals surface area contributed by atoms with Crippen LogP contribution in [0.5, 0.6) is 0 Å². The van der Waals surface area contributed by atoms with Crippen molar-refractivity contribution in [2.45, 2.75) is 69.2 Å². The number of carbonyl (C=O) groups is 1. The largest absolute Gasteiger partial charge is 0.379 e. The molecule has 3 fully saturated rings. The van der Waals surface area contributed by atoms with Gasteiger partial charge in [-0.2, -0.15) is 0 Å². The van der Waals surface area contributed by atoms with Gasteiger partial charge < -0.3 is 20.5 Å². The number of carbonyl (C=O) groups excluding carboxylic acids is 1. The molecule has 3 rings (SSSR count). The summed E-state index contributed by atoms with van der Waals surface area (Å²) >= 11 is 0. The molecule has 25 heavy (non-hydrogen) atoms. The number of hydrogen-bond donors (Lipinski definition) is 2. The molecular weight excluding hydrogens is 365 g/mol. The smallest absolute Gasteiger partial charge is 0.249 e. The summed E-state index contributed by atoms with van der Waals surface area (Å²) in [7, 11) is 0. The summed E-state index contributed by atoms with van der Waals surface area (Å²) in [6, 6.07) is 0.135. The highest BCUT2D eigenvalue weighted by Gasteiger charge is 2.45. The molecule has 0 radical (unpaired) electrons. The summed E-state index contributed by atoms with van der Waals surface area (Å²) in [5, 5.41) is 3.26. The second-order valence-electron chi connectivity index (χ2n) is 7.20. The molecule has 6 nitrogen and oxygen atoms in total. The van der Waals surface area contributed by atoms with E-state index in [0.717, 1.165) is 52.0 Å². The zero-order valence-corrected chi connectivity index (χ0v) is 16.7. The van der Waals surface area contributed by atoms with Gasteiger partial charge in [-0.3, -0.25) is 9.69 Å². The molecule has 8 heteroatoms. The van der Waals surface area contributed by atoms with Gasteiger partial charge >= 0.3 is 0 Å². The number of amides is 1. The number of nitrogens with zero attached hydrogens (tertiary/aromatic N) is 1. The predicted molar refractivity (Wildman–Crippen MR) is 103 cm³/mol. The molecule has 148 valence electrons. The summed E-state index contributed by atoms with van der Waals surface area (Å²) < 4.78 is 11.3. The van der Waals surface area contributed by atoms with Crippen molar-refractivity contribution in [2.75, 3.05) is 32.8 Å². The van der Waals surface area contributed by atoms with Gasteiger partial charge in [0.25, 0.3) is 0 Å². The molecular formula is C17H33Cl2N3O3. The van der Waals surface area contributed by atoms with Gasteiger partial charge in [0.05, 0.1) is 19.3 Å². The van der Waals surface area contributed by atoms with Crippen LogP contribution in [0.2, 0.25) is 0 Å². The topological polar surface area (TPSA) is 76.8 Å². The number of nitrogens with two attached hydrogens (primary N) is 1. The Balaban J connectivity index is 0.00000156. The third kappa shape index (κ3) is 4.99. The lowest BCUT2D eigenvalue weighted by Gasteiger charge is -2.47. The third-order valence-corrected chi connectivity index (χ3v) is 5.94. The van der Waals surface area contributed by atoms with Crippen LogP contribution in [0.1, 0.15) is 45.4 Å². The molecule has 3 atom stereocenters. The van der Waals surface area contributed by atoms with Gasteiger partial charge in [-0.05, 0) is 32.6 Å². The van der Waals surface area contributed by atoms with Crippen molar-refractivity contribution in [2.24, 2.45) is 5.73 Å². The minimum atomic E-state index is -0.325. The zero-order chi connectivity index (χ0) is 16.3. The van der Waals surface area contributed by atoms with Crippen molar-refractivity contribution in [1.29, 1.82) is 0 Å². The van der Waals surface area contributed by atoms with Gasteiger partial charge in [0.1, 0.15) is 6.10 Å². The molecule has 3 aliphatic rings. The van der Waals surface area contributed by atoms with E-state index in [2.05, 4.69) is 17.1 Å². The Bertz CT molecular complexity index is 416. The molecule has 0 aromatic carbocycles. The first kappa shape index (κ1) is 22.9. The maximum absolute atomic E-state index is 12.6. The lowest BCUT2D eigenvalue weighted by atomic mass is 9.86. The molecule has 2 saturated heterocycles. The highest BCUT2D eigenvalue weighted by atomic mass is 35.5. The van der Waals surface area contributed by atoms with E-state index in [4.69, 9.17) is 15.2 Å². The number of rotatable bonds is 5. The molecule has 0 bridgehead atoms. The molecule has 1 unspecified atom stereocenters. The van der Waals surface area contributed by atoms with Gasteiger partial charge in [-0.25, -0.2) is 0 Å². The van der Waals surface area contributed by atoms with Crippen LogP contribution < -0.4 is 11.1 Å². The minimum absolute atomic E-state index is 0. The Morgan fingerprint density at radius 2 is 1.88 bits per heavy atom. The maximum atomic E-state index is 12.6. The first-order chi connectivity index (χ1) is 11.2. The van der Waals surface area contributed by atoms with Crippen LogP contribution >= 0.6 is 24.8 Å². The summed E-state index contributed by atoms with van der Waals surface area (Å²) in [5.74, 6) is 0.0352. The maximum Gasteiger partial charge on any atom is 0.249 e. The molecule has 1 amide bonds. The van der Waals surface area contributed by atoms with Gasteiger partial charge in [0.15, 0.2) is 0 Å². The Morgan fingerprint density at radius 1 is 1.24 bits per heavy atom. The van der Waals surface area contributed by atoms with E-state index in [9.17, 15) is 4.79 Å². The Hall–Kier alpha value is -0.110. The van der Waals surface area contributed by atoms with E-state index in [1.54, 1.807) is 0 Å². The molecule has 0 aromatic rings. The normalized spacial score (nSPS) is 30.2. The monoisotopic (exact) mass is 397 g/mol. The molecule has 3 N–H and O–H groups in total. The minimum Gasteiger partial charge on any atom is -0.379 e. The van der Waals surface area contributed by atoms with Crippen LogP contribution in [0.25, 0.3) is 0 Å². The van der Waals surface area contributed by atoms with E-state index in [-0.39, 0.29) is 54.5 Å². The lowest BCUT2D eigenvalue weighted by Crippen LogP contribution is -2.62. The molecule has 2 heterocycles.